The van der Waals surface area contributed by atoms with Gasteiger partial charge in [-0.1, -0.05) is 19.9 Å². The highest BCUT2D eigenvalue weighted by Gasteiger charge is 2.24. The molecule has 1 aliphatic heterocycles. The number of pyridine rings is 1. The molecule has 0 bridgehead atoms. The maximum atomic E-state index is 12.5. The van der Waals surface area contributed by atoms with Crippen molar-refractivity contribution in [2.45, 2.75) is 33.2 Å². The fraction of sp³-hybridized carbons (Fsp3) is 0.438. The third-order valence-corrected chi connectivity index (χ3v) is 3.82. The van der Waals surface area contributed by atoms with Crippen LogP contribution in [0, 0.1) is 5.92 Å². The molecule has 3 rings (SSSR count). The van der Waals surface area contributed by atoms with Crippen molar-refractivity contribution in [1.29, 1.82) is 0 Å². The lowest BCUT2D eigenvalue weighted by molar-refractivity contribution is -0.132. The summed E-state index contributed by atoms with van der Waals surface area (Å²) in [5.41, 5.74) is 2.10. The van der Waals surface area contributed by atoms with Crippen LogP contribution in [-0.4, -0.2) is 26.7 Å². The highest BCUT2D eigenvalue weighted by molar-refractivity contribution is 5.76. The Kier molecular flexibility index (Phi) is 3.49. The van der Waals surface area contributed by atoms with E-state index in [-0.39, 0.29) is 11.5 Å². The molecule has 0 spiro atoms. The lowest BCUT2D eigenvalue weighted by atomic mass is 10.0. The summed E-state index contributed by atoms with van der Waals surface area (Å²) in [7, 11) is 0. The maximum absolute atomic E-state index is 12.5. The molecular weight excluding hydrogens is 266 g/mol. The van der Waals surface area contributed by atoms with Crippen molar-refractivity contribution in [3.05, 3.63) is 46.0 Å². The van der Waals surface area contributed by atoms with Crippen LogP contribution in [0.3, 0.4) is 0 Å². The van der Waals surface area contributed by atoms with Crippen LogP contribution in [0.4, 0.5) is 0 Å². The SMILES string of the molecule is CC(C)CC(=O)N1CCc2nc3ccccn3c(=O)c2C1. The van der Waals surface area contributed by atoms with Crippen molar-refractivity contribution >= 4 is 11.6 Å². The van der Waals surface area contributed by atoms with Gasteiger partial charge in [-0.25, -0.2) is 4.98 Å². The Bertz CT molecular complexity index is 749. The third kappa shape index (κ3) is 2.55. The van der Waals surface area contributed by atoms with Gasteiger partial charge in [-0.3, -0.25) is 14.0 Å². The average molecular weight is 285 g/mol. The average Bonchev–Trinajstić information content (AvgIpc) is 2.46. The number of rotatable bonds is 2. The first-order chi connectivity index (χ1) is 10.1. The Morgan fingerprint density at radius 2 is 2.19 bits per heavy atom. The predicted octanol–water partition coefficient (Wildman–Crippen LogP) is 1.63. The molecule has 0 radical (unpaired) electrons. The topological polar surface area (TPSA) is 54.7 Å². The van der Waals surface area contributed by atoms with Gasteiger partial charge in [0.2, 0.25) is 5.91 Å². The van der Waals surface area contributed by atoms with Crippen LogP contribution in [0.1, 0.15) is 31.5 Å². The van der Waals surface area contributed by atoms with Gasteiger partial charge in [0.15, 0.2) is 0 Å². The van der Waals surface area contributed by atoms with Crippen LogP contribution in [0.2, 0.25) is 0 Å². The zero-order chi connectivity index (χ0) is 15.0. The van der Waals surface area contributed by atoms with Gasteiger partial charge in [0, 0.05) is 25.6 Å². The number of nitrogens with zero attached hydrogens (tertiary/aromatic N) is 3. The summed E-state index contributed by atoms with van der Waals surface area (Å²) in [4.78, 5) is 31.1. The van der Waals surface area contributed by atoms with Crippen molar-refractivity contribution < 1.29 is 4.79 Å². The predicted molar refractivity (Wildman–Crippen MR) is 80.0 cm³/mol. The molecule has 0 N–H and O–H groups in total. The molecule has 3 heterocycles. The lowest BCUT2D eigenvalue weighted by Gasteiger charge is -2.28. The van der Waals surface area contributed by atoms with E-state index in [4.69, 9.17) is 0 Å². The number of fused-ring (bicyclic) bond motifs is 2. The normalized spacial score (nSPS) is 14.5. The second-order valence-electron chi connectivity index (χ2n) is 5.93. The van der Waals surface area contributed by atoms with E-state index in [2.05, 4.69) is 4.98 Å². The lowest BCUT2D eigenvalue weighted by Crippen LogP contribution is -2.40. The summed E-state index contributed by atoms with van der Waals surface area (Å²) >= 11 is 0. The first-order valence-electron chi connectivity index (χ1n) is 7.33. The highest BCUT2D eigenvalue weighted by atomic mass is 16.2. The fourth-order valence-electron chi connectivity index (χ4n) is 2.74. The van der Waals surface area contributed by atoms with E-state index in [0.717, 1.165) is 5.69 Å². The molecule has 110 valence electrons. The second kappa shape index (κ2) is 5.31. The first-order valence-corrected chi connectivity index (χ1v) is 7.33. The van der Waals surface area contributed by atoms with Crippen molar-refractivity contribution in [2.75, 3.05) is 6.54 Å². The van der Waals surface area contributed by atoms with E-state index in [1.165, 1.54) is 0 Å². The van der Waals surface area contributed by atoms with Gasteiger partial charge in [-0.05, 0) is 18.1 Å². The Balaban J connectivity index is 1.97. The van der Waals surface area contributed by atoms with Crippen molar-refractivity contribution in [3.8, 4) is 0 Å². The summed E-state index contributed by atoms with van der Waals surface area (Å²) < 4.78 is 1.55. The van der Waals surface area contributed by atoms with Crippen LogP contribution in [0.15, 0.2) is 29.2 Å². The van der Waals surface area contributed by atoms with Crippen molar-refractivity contribution in [1.82, 2.24) is 14.3 Å². The van der Waals surface area contributed by atoms with E-state index in [1.54, 1.807) is 15.5 Å². The zero-order valence-corrected chi connectivity index (χ0v) is 12.4. The molecule has 0 saturated carbocycles. The molecule has 0 aliphatic carbocycles. The molecule has 2 aromatic rings. The monoisotopic (exact) mass is 285 g/mol. The molecule has 1 aliphatic rings. The molecule has 21 heavy (non-hydrogen) atoms. The van der Waals surface area contributed by atoms with E-state index >= 15 is 0 Å². The molecule has 0 saturated heterocycles. The smallest absolute Gasteiger partial charge is 0.263 e. The van der Waals surface area contributed by atoms with E-state index in [1.807, 2.05) is 32.0 Å². The van der Waals surface area contributed by atoms with Gasteiger partial charge >= 0.3 is 0 Å². The number of carbonyl (C=O) groups is 1. The number of hydrogen-bond donors (Lipinski definition) is 0. The summed E-state index contributed by atoms with van der Waals surface area (Å²) in [5, 5.41) is 0. The summed E-state index contributed by atoms with van der Waals surface area (Å²) in [6.45, 7) is 5.08. The fourth-order valence-corrected chi connectivity index (χ4v) is 2.74. The van der Waals surface area contributed by atoms with E-state index in [9.17, 15) is 9.59 Å². The molecule has 2 aromatic heterocycles. The molecule has 0 fully saturated rings. The summed E-state index contributed by atoms with van der Waals surface area (Å²) in [5.74, 6) is 0.447. The third-order valence-electron chi connectivity index (χ3n) is 3.82. The van der Waals surface area contributed by atoms with Gasteiger partial charge < -0.3 is 4.90 Å². The quantitative estimate of drug-likeness (QED) is 0.842. The number of amides is 1. The minimum absolute atomic E-state index is 0.0577. The number of aromatic nitrogens is 2. The number of carbonyl (C=O) groups excluding carboxylic acids is 1. The Labute approximate surface area is 123 Å². The molecule has 0 atom stereocenters. The minimum atomic E-state index is -0.0577. The van der Waals surface area contributed by atoms with Gasteiger partial charge in [-0.15, -0.1) is 0 Å². The van der Waals surface area contributed by atoms with Gasteiger partial charge in [0.1, 0.15) is 5.65 Å². The minimum Gasteiger partial charge on any atom is -0.338 e. The largest absolute Gasteiger partial charge is 0.338 e. The zero-order valence-electron chi connectivity index (χ0n) is 12.4. The van der Waals surface area contributed by atoms with Gasteiger partial charge in [0.25, 0.3) is 5.56 Å². The van der Waals surface area contributed by atoms with Crippen LogP contribution in [-0.2, 0) is 17.8 Å². The van der Waals surface area contributed by atoms with Crippen molar-refractivity contribution in [2.24, 2.45) is 5.92 Å². The molecule has 5 heteroatoms. The van der Waals surface area contributed by atoms with Crippen molar-refractivity contribution in [3.63, 3.8) is 0 Å². The van der Waals surface area contributed by atoms with Crippen LogP contribution in [0.5, 0.6) is 0 Å². The number of hydrogen-bond acceptors (Lipinski definition) is 3. The van der Waals surface area contributed by atoms with Crippen LogP contribution in [0.25, 0.3) is 5.65 Å². The summed E-state index contributed by atoms with van der Waals surface area (Å²) in [6, 6.07) is 5.51. The van der Waals surface area contributed by atoms with Crippen LogP contribution >= 0.6 is 0 Å². The Morgan fingerprint density at radius 3 is 2.95 bits per heavy atom. The van der Waals surface area contributed by atoms with E-state index < -0.39 is 0 Å². The summed E-state index contributed by atoms with van der Waals surface area (Å²) in [6.07, 6.45) is 2.90. The maximum Gasteiger partial charge on any atom is 0.263 e. The first kappa shape index (κ1) is 13.8. The molecule has 0 aromatic carbocycles. The Hall–Kier alpha value is -2.17. The van der Waals surface area contributed by atoms with Crippen LogP contribution < -0.4 is 5.56 Å². The van der Waals surface area contributed by atoms with Gasteiger partial charge in [0.05, 0.1) is 17.8 Å². The van der Waals surface area contributed by atoms with E-state index in [0.29, 0.717) is 43.1 Å². The molecule has 0 unspecified atom stereocenters. The second-order valence-corrected chi connectivity index (χ2v) is 5.93. The highest BCUT2D eigenvalue weighted by Crippen LogP contribution is 2.17. The molecule has 5 nitrogen and oxygen atoms in total. The molecular formula is C16H19N3O2. The molecule has 1 amide bonds. The standard InChI is InChI=1S/C16H19N3O2/c1-11(2)9-15(20)18-8-6-13-12(10-18)16(21)19-7-4-3-5-14(19)17-13/h3-5,7,11H,6,8-10H2,1-2H3. The Morgan fingerprint density at radius 1 is 1.38 bits per heavy atom. The van der Waals surface area contributed by atoms with Gasteiger partial charge in [-0.2, -0.15) is 0 Å².